The molecule has 0 aliphatic carbocycles. The van der Waals surface area contributed by atoms with E-state index in [1.165, 1.54) is 35.0 Å². The van der Waals surface area contributed by atoms with Gasteiger partial charge in [0.2, 0.25) is 5.82 Å². The van der Waals surface area contributed by atoms with Crippen molar-refractivity contribution in [2.75, 3.05) is 11.1 Å². The van der Waals surface area contributed by atoms with E-state index in [1.54, 1.807) is 7.05 Å². The van der Waals surface area contributed by atoms with E-state index >= 15 is 0 Å². The first-order valence-electron chi connectivity index (χ1n) is 5.41. The van der Waals surface area contributed by atoms with Gasteiger partial charge in [-0.15, -0.1) is 0 Å². The van der Waals surface area contributed by atoms with E-state index < -0.39 is 11.9 Å². The highest BCUT2D eigenvalue weighted by Crippen LogP contribution is 2.11. The molecule has 0 aliphatic heterocycles. The summed E-state index contributed by atoms with van der Waals surface area (Å²) < 4.78 is 1.51. The average Bonchev–Trinajstić information content (AvgIpc) is 2.69. The lowest BCUT2D eigenvalue weighted by molar-refractivity contribution is 0.0696. The number of carboxylic acid groups (broad SMARTS) is 1. The number of aromatic carboxylic acids is 1. The normalized spacial score (nSPS) is 10.2. The number of hydrogen-bond acceptors (Lipinski definition) is 4. The van der Waals surface area contributed by atoms with Crippen LogP contribution in [0.1, 0.15) is 21.0 Å². The Balaban J connectivity index is 2.15. The maximum Gasteiger partial charge on any atom is 0.335 e. The summed E-state index contributed by atoms with van der Waals surface area (Å²) in [4.78, 5) is 26.5. The number of nitrogens with one attached hydrogen (secondary N) is 1. The number of aryl methyl sites for hydroxylation is 1. The quantitative estimate of drug-likeness (QED) is 0.761. The Labute approximate surface area is 108 Å². The van der Waals surface area contributed by atoms with Crippen LogP contribution in [0.4, 0.5) is 11.5 Å². The number of carbonyl (C=O) groups excluding carboxylic acids is 1. The van der Waals surface area contributed by atoms with Crippen LogP contribution < -0.4 is 11.1 Å². The molecular weight excluding hydrogens is 248 g/mol. The van der Waals surface area contributed by atoms with Crippen molar-refractivity contribution in [1.29, 1.82) is 0 Å². The summed E-state index contributed by atoms with van der Waals surface area (Å²) in [5.41, 5.74) is 6.12. The number of imidazole rings is 1. The number of anilines is 2. The zero-order chi connectivity index (χ0) is 14.0. The topological polar surface area (TPSA) is 110 Å². The number of benzene rings is 1. The van der Waals surface area contributed by atoms with Gasteiger partial charge in [0, 0.05) is 18.9 Å². The summed E-state index contributed by atoms with van der Waals surface area (Å²) in [6.07, 6.45) is 1.53. The van der Waals surface area contributed by atoms with Crippen LogP contribution in [-0.4, -0.2) is 26.5 Å². The summed E-state index contributed by atoms with van der Waals surface area (Å²) in [5, 5.41) is 11.4. The molecule has 0 unspecified atom stereocenters. The zero-order valence-electron chi connectivity index (χ0n) is 10.1. The third-order valence-corrected chi connectivity index (χ3v) is 2.49. The Hall–Kier alpha value is -2.83. The second-order valence-electron chi connectivity index (χ2n) is 3.94. The van der Waals surface area contributed by atoms with E-state index in [4.69, 9.17) is 10.8 Å². The standard InChI is InChI=1S/C12H12N4O3/c1-16-6-9(13)15-10(16)11(17)14-8-4-2-7(3-5-8)12(18)19/h2-6H,13H2,1H3,(H,14,17)(H,18,19). The molecule has 7 nitrogen and oxygen atoms in total. The van der Waals surface area contributed by atoms with Crippen molar-refractivity contribution in [2.24, 2.45) is 7.05 Å². The molecule has 1 amide bonds. The monoisotopic (exact) mass is 260 g/mol. The summed E-state index contributed by atoms with van der Waals surface area (Å²) in [6.45, 7) is 0. The maximum absolute atomic E-state index is 11.9. The predicted molar refractivity (Wildman–Crippen MR) is 69.0 cm³/mol. The lowest BCUT2D eigenvalue weighted by Gasteiger charge is -2.05. The average molecular weight is 260 g/mol. The van der Waals surface area contributed by atoms with Gasteiger partial charge in [0.15, 0.2) is 0 Å². The van der Waals surface area contributed by atoms with Gasteiger partial charge in [-0.3, -0.25) is 4.79 Å². The Morgan fingerprint density at radius 1 is 1.32 bits per heavy atom. The smallest absolute Gasteiger partial charge is 0.335 e. The third kappa shape index (κ3) is 2.71. The number of nitrogens with zero attached hydrogens (tertiary/aromatic N) is 2. The molecule has 1 aromatic carbocycles. The Kier molecular flexibility index (Phi) is 3.19. The molecule has 0 aliphatic rings. The van der Waals surface area contributed by atoms with Crippen LogP contribution in [0.5, 0.6) is 0 Å². The fraction of sp³-hybridized carbons (Fsp3) is 0.0833. The second kappa shape index (κ2) is 4.81. The minimum atomic E-state index is -1.02. The number of aromatic nitrogens is 2. The van der Waals surface area contributed by atoms with Gasteiger partial charge in [-0.25, -0.2) is 9.78 Å². The van der Waals surface area contributed by atoms with Crippen LogP contribution in [0, 0.1) is 0 Å². The predicted octanol–water partition coefficient (Wildman–Crippen LogP) is 0.953. The van der Waals surface area contributed by atoms with Crippen molar-refractivity contribution in [3.63, 3.8) is 0 Å². The van der Waals surface area contributed by atoms with Crippen LogP contribution in [0.25, 0.3) is 0 Å². The highest BCUT2D eigenvalue weighted by atomic mass is 16.4. The molecule has 7 heteroatoms. The van der Waals surface area contributed by atoms with Gasteiger partial charge in [0.05, 0.1) is 5.56 Å². The van der Waals surface area contributed by atoms with Crippen molar-refractivity contribution < 1.29 is 14.7 Å². The maximum atomic E-state index is 11.9. The molecule has 1 aromatic heterocycles. The summed E-state index contributed by atoms with van der Waals surface area (Å²) in [6, 6.07) is 5.83. The SMILES string of the molecule is Cn1cc(N)nc1C(=O)Nc1ccc(C(=O)O)cc1. The van der Waals surface area contributed by atoms with E-state index in [-0.39, 0.29) is 17.2 Å². The molecule has 0 spiro atoms. The number of hydrogen-bond donors (Lipinski definition) is 3. The van der Waals surface area contributed by atoms with Gasteiger partial charge in [0.25, 0.3) is 5.91 Å². The Bertz CT molecular complexity index is 631. The van der Waals surface area contributed by atoms with E-state index in [1.807, 2.05) is 0 Å². The summed E-state index contributed by atoms with van der Waals surface area (Å²) >= 11 is 0. The number of amides is 1. The molecule has 0 radical (unpaired) electrons. The van der Waals surface area contributed by atoms with Crippen LogP contribution in [-0.2, 0) is 7.05 Å². The molecule has 2 aromatic rings. The molecule has 19 heavy (non-hydrogen) atoms. The highest BCUT2D eigenvalue weighted by molar-refractivity contribution is 6.02. The second-order valence-corrected chi connectivity index (χ2v) is 3.94. The minimum absolute atomic E-state index is 0.152. The number of nitrogen functional groups attached to an aromatic ring is 1. The molecule has 0 atom stereocenters. The van der Waals surface area contributed by atoms with Crippen LogP contribution in [0.3, 0.4) is 0 Å². The zero-order valence-corrected chi connectivity index (χ0v) is 10.1. The first-order chi connectivity index (χ1) is 8.97. The highest BCUT2D eigenvalue weighted by Gasteiger charge is 2.13. The van der Waals surface area contributed by atoms with E-state index in [2.05, 4.69) is 10.3 Å². The number of carboxylic acids is 1. The van der Waals surface area contributed by atoms with Crippen LogP contribution in [0.15, 0.2) is 30.5 Å². The Morgan fingerprint density at radius 2 is 1.95 bits per heavy atom. The minimum Gasteiger partial charge on any atom is -0.478 e. The van der Waals surface area contributed by atoms with Gasteiger partial charge in [-0.05, 0) is 24.3 Å². The largest absolute Gasteiger partial charge is 0.478 e. The molecule has 0 bridgehead atoms. The molecule has 0 saturated carbocycles. The lowest BCUT2D eigenvalue weighted by Crippen LogP contribution is -2.16. The first kappa shape index (κ1) is 12.6. The van der Waals surface area contributed by atoms with Crippen molar-refractivity contribution in [2.45, 2.75) is 0 Å². The van der Waals surface area contributed by atoms with Crippen molar-refractivity contribution in [3.8, 4) is 0 Å². The molecule has 1 heterocycles. The van der Waals surface area contributed by atoms with E-state index in [9.17, 15) is 9.59 Å². The van der Waals surface area contributed by atoms with Gasteiger partial charge in [-0.2, -0.15) is 0 Å². The summed E-state index contributed by atoms with van der Waals surface area (Å²) in [5.74, 6) is -0.995. The molecule has 0 saturated heterocycles. The van der Waals surface area contributed by atoms with E-state index in [0.29, 0.717) is 5.69 Å². The Morgan fingerprint density at radius 3 is 2.42 bits per heavy atom. The van der Waals surface area contributed by atoms with Crippen molar-refractivity contribution in [3.05, 3.63) is 41.9 Å². The molecule has 4 N–H and O–H groups in total. The molecular formula is C12H12N4O3. The third-order valence-electron chi connectivity index (χ3n) is 2.49. The van der Waals surface area contributed by atoms with Crippen LogP contribution in [0.2, 0.25) is 0 Å². The molecule has 98 valence electrons. The summed E-state index contributed by atoms with van der Waals surface area (Å²) in [7, 11) is 1.66. The van der Waals surface area contributed by atoms with Crippen LogP contribution >= 0.6 is 0 Å². The van der Waals surface area contributed by atoms with Crippen molar-refractivity contribution >= 4 is 23.4 Å². The molecule has 0 fully saturated rings. The first-order valence-corrected chi connectivity index (χ1v) is 5.41. The van der Waals surface area contributed by atoms with Gasteiger partial charge >= 0.3 is 5.97 Å². The van der Waals surface area contributed by atoms with E-state index in [0.717, 1.165) is 0 Å². The van der Waals surface area contributed by atoms with Gasteiger partial charge in [-0.1, -0.05) is 0 Å². The van der Waals surface area contributed by atoms with Gasteiger partial charge < -0.3 is 20.7 Å². The molecule has 2 rings (SSSR count). The fourth-order valence-corrected chi connectivity index (χ4v) is 1.58. The van der Waals surface area contributed by atoms with Crippen molar-refractivity contribution in [1.82, 2.24) is 9.55 Å². The number of carbonyl (C=O) groups is 2. The van der Waals surface area contributed by atoms with Gasteiger partial charge in [0.1, 0.15) is 5.82 Å². The fourth-order valence-electron chi connectivity index (χ4n) is 1.58. The lowest BCUT2D eigenvalue weighted by atomic mass is 10.2. The number of rotatable bonds is 3. The number of nitrogens with two attached hydrogens (primary N) is 1.